The number of benzene rings is 1. The van der Waals surface area contributed by atoms with Gasteiger partial charge in [-0.15, -0.1) is 0 Å². The molecule has 0 atom stereocenters. The lowest BCUT2D eigenvalue weighted by Gasteiger charge is -2.16. The first-order chi connectivity index (χ1) is 7.01. The average Bonchev–Trinajstić information content (AvgIpc) is 2.17. The van der Waals surface area contributed by atoms with Gasteiger partial charge in [-0.3, -0.25) is 4.79 Å². The van der Waals surface area contributed by atoms with Crippen molar-refractivity contribution < 1.29 is 9.53 Å². The summed E-state index contributed by atoms with van der Waals surface area (Å²) in [6.45, 7) is 4.87. The number of carbonyl (C=O) groups is 1. The van der Waals surface area contributed by atoms with Crippen molar-refractivity contribution in [3.05, 3.63) is 29.8 Å². The van der Waals surface area contributed by atoms with E-state index in [0.29, 0.717) is 12.2 Å². The van der Waals surface area contributed by atoms with Crippen LogP contribution >= 0.6 is 15.9 Å². The maximum Gasteiger partial charge on any atom is 0.150 e. The molecular formula is C12H15BrO2. The Labute approximate surface area is 98.8 Å². The van der Waals surface area contributed by atoms with Gasteiger partial charge in [0, 0.05) is 9.89 Å². The van der Waals surface area contributed by atoms with Crippen LogP contribution in [0.5, 0.6) is 5.75 Å². The molecular weight excluding hydrogens is 256 g/mol. The van der Waals surface area contributed by atoms with E-state index in [1.807, 2.05) is 12.1 Å². The Bertz CT molecular complexity index is 311. The lowest BCUT2D eigenvalue weighted by atomic mass is 10.1. The number of aldehydes is 1. The first-order valence-corrected chi connectivity index (χ1v) is 5.67. The molecule has 0 bridgehead atoms. The Morgan fingerprint density at radius 1 is 1.33 bits per heavy atom. The van der Waals surface area contributed by atoms with Gasteiger partial charge in [-0.1, -0.05) is 15.9 Å². The highest BCUT2D eigenvalue weighted by Gasteiger charge is 2.11. The Balaban J connectivity index is 2.41. The van der Waals surface area contributed by atoms with Crippen molar-refractivity contribution in [2.24, 2.45) is 0 Å². The topological polar surface area (TPSA) is 26.3 Å². The van der Waals surface area contributed by atoms with Gasteiger partial charge in [0.05, 0.1) is 6.61 Å². The molecule has 1 aromatic rings. The normalized spacial score (nSPS) is 11.1. The van der Waals surface area contributed by atoms with E-state index in [4.69, 9.17) is 4.74 Å². The van der Waals surface area contributed by atoms with Gasteiger partial charge >= 0.3 is 0 Å². The number of carbonyl (C=O) groups excluding carboxylic acids is 1. The smallest absolute Gasteiger partial charge is 0.150 e. The second kappa shape index (κ2) is 5.31. The van der Waals surface area contributed by atoms with Crippen LogP contribution in [0, 0.1) is 0 Å². The lowest BCUT2D eigenvalue weighted by molar-refractivity contribution is 0.112. The van der Waals surface area contributed by atoms with Crippen LogP contribution < -0.4 is 4.74 Å². The van der Waals surface area contributed by atoms with Gasteiger partial charge in [0.15, 0.2) is 0 Å². The fraction of sp³-hybridized carbons (Fsp3) is 0.417. The highest BCUT2D eigenvalue weighted by Crippen LogP contribution is 2.21. The molecule has 1 rings (SSSR count). The molecule has 0 heterocycles. The van der Waals surface area contributed by atoms with Crippen molar-refractivity contribution >= 4 is 22.2 Å². The van der Waals surface area contributed by atoms with Crippen molar-refractivity contribution in [1.82, 2.24) is 0 Å². The number of hydrogen-bond acceptors (Lipinski definition) is 2. The third kappa shape index (κ3) is 4.98. The fourth-order valence-electron chi connectivity index (χ4n) is 1.05. The zero-order valence-electron chi connectivity index (χ0n) is 9.00. The number of halogens is 1. The summed E-state index contributed by atoms with van der Waals surface area (Å²) in [5.74, 6) is 0.803. The third-order valence-corrected chi connectivity index (χ3v) is 2.38. The predicted octanol–water partition coefficient (Wildman–Crippen LogP) is 3.44. The highest BCUT2D eigenvalue weighted by atomic mass is 79.9. The minimum Gasteiger partial charge on any atom is -0.494 e. The van der Waals surface area contributed by atoms with Crippen LogP contribution in [0.1, 0.15) is 30.6 Å². The maximum absolute atomic E-state index is 10.4. The van der Waals surface area contributed by atoms with Crippen molar-refractivity contribution in [1.29, 1.82) is 0 Å². The summed E-state index contributed by atoms with van der Waals surface area (Å²) in [4.78, 5) is 10.4. The summed E-state index contributed by atoms with van der Waals surface area (Å²) in [7, 11) is 0. The van der Waals surface area contributed by atoms with Crippen LogP contribution in [-0.2, 0) is 0 Å². The minimum atomic E-state index is 0.107. The molecule has 0 unspecified atom stereocenters. The van der Waals surface area contributed by atoms with E-state index >= 15 is 0 Å². The first-order valence-electron chi connectivity index (χ1n) is 4.88. The molecule has 0 fully saturated rings. The number of rotatable bonds is 5. The van der Waals surface area contributed by atoms with E-state index in [-0.39, 0.29) is 4.32 Å². The van der Waals surface area contributed by atoms with Crippen molar-refractivity contribution in [2.75, 3.05) is 6.61 Å². The SMILES string of the molecule is CC(C)(Br)CCOc1ccc(C=O)cc1. The molecule has 0 spiro atoms. The Morgan fingerprint density at radius 2 is 1.93 bits per heavy atom. The first kappa shape index (κ1) is 12.2. The molecule has 0 aromatic heterocycles. The Kier molecular flexibility index (Phi) is 4.33. The number of alkyl halides is 1. The fourth-order valence-corrected chi connectivity index (χ4v) is 1.22. The summed E-state index contributed by atoms with van der Waals surface area (Å²) < 4.78 is 5.64. The molecule has 0 aliphatic carbocycles. The van der Waals surface area contributed by atoms with Crippen LogP contribution in [-0.4, -0.2) is 17.2 Å². The molecule has 0 saturated heterocycles. The molecule has 82 valence electrons. The highest BCUT2D eigenvalue weighted by molar-refractivity contribution is 9.10. The zero-order valence-corrected chi connectivity index (χ0v) is 10.6. The molecule has 0 aliphatic heterocycles. The summed E-state index contributed by atoms with van der Waals surface area (Å²) in [5.41, 5.74) is 0.670. The molecule has 15 heavy (non-hydrogen) atoms. The van der Waals surface area contributed by atoms with Gasteiger partial charge in [-0.2, -0.15) is 0 Å². The lowest BCUT2D eigenvalue weighted by Crippen LogP contribution is -2.14. The maximum atomic E-state index is 10.4. The Hall–Kier alpha value is -0.830. The van der Waals surface area contributed by atoms with Crippen molar-refractivity contribution in [2.45, 2.75) is 24.6 Å². The zero-order chi connectivity index (χ0) is 11.3. The minimum absolute atomic E-state index is 0.107. The Morgan fingerprint density at radius 3 is 2.40 bits per heavy atom. The van der Waals surface area contributed by atoms with Crippen LogP contribution in [0.2, 0.25) is 0 Å². The van der Waals surface area contributed by atoms with Crippen molar-refractivity contribution in [3.63, 3.8) is 0 Å². The van der Waals surface area contributed by atoms with E-state index < -0.39 is 0 Å². The van der Waals surface area contributed by atoms with Gasteiger partial charge < -0.3 is 4.74 Å². The molecule has 3 heteroatoms. The van der Waals surface area contributed by atoms with Gasteiger partial charge in [0.25, 0.3) is 0 Å². The van der Waals surface area contributed by atoms with Gasteiger partial charge in [0.2, 0.25) is 0 Å². The summed E-state index contributed by atoms with van der Waals surface area (Å²) in [6, 6.07) is 7.12. The molecule has 0 N–H and O–H groups in total. The van der Waals surface area contributed by atoms with E-state index in [2.05, 4.69) is 29.8 Å². The van der Waals surface area contributed by atoms with Gasteiger partial charge in [-0.05, 0) is 44.5 Å². The monoisotopic (exact) mass is 270 g/mol. The third-order valence-electron chi connectivity index (χ3n) is 1.98. The number of ether oxygens (including phenoxy) is 1. The molecule has 0 saturated carbocycles. The van der Waals surface area contributed by atoms with E-state index in [1.54, 1.807) is 12.1 Å². The standard InChI is InChI=1S/C12H15BrO2/c1-12(2,13)7-8-15-11-5-3-10(9-14)4-6-11/h3-6,9H,7-8H2,1-2H3. The molecule has 0 amide bonds. The predicted molar refractivity (Wildman–Crippen MR) is 64.9 cm³/mol. The average molecular weight is 271 g/mol. The number of hydrogen-bond donors (Lipinski definition) is 0. The molecule has 1 aromatic carbocycles. The van der Waals surface area contributed by atoms with Gasteiger partial charge in [-0.25, -0.2) is 0 Å². The quantitative estimate of drug-likeness (QED) is 0.605. The summed E-state index contributed by atoms with van der Waals surface area (Å²) in [6.07, 6.45) is 1.76. The van der Waals surface area contributed by atoms with E-state index in [0.717, 1.165) is 18.5 Å². The van der Waals surface area contributed by atoms with Crippen LogP contribution in [0.15, 0.2) is 24.3 Å². The largest absolute Gasteiger partial charge is 0.494 e. The second-order valence-corrected chi connectivity index (χ2v) is 6.15. The van der Waals surface area contributed by atoms with Crippen LogP contribution in [0.25, 0.3) is 0 Å². The molecule has 0 radical (unpaired) electrons. The van der Waals surface area contributed by atoms with E-state index in [1.165, 1.54) is 0 Å². The van der Waals surface area contributed by atoms with Crippen LogP contribution in [0.4, 0.5) is 0 Å². The molecule has 0 aliphatic rings. The van der Waals surface area contributed by atoms with E-state index in [9.17, 15) is 4.79 Å². The van der Waals surface area contributed by atoms with Crippen molar-refractivity contribution in [3.8, 4) is 5.75 Å². The van der Waals surface area contributed by atoms with Crippen LogP contribution in [0.3, 0.4) is 0 Å². The summed E-state index contributed by atoms with van der Waals surface area (Å²) in [5, 5.41) is 0. The van der Waals surface area contributed by atoms with Gasteiger partial charge in [0.1, 0.15) is 12.0 Å². The summed E-state index contributed by atoms with van der Waals surface area (Å²) >= 11 is 3.55. The molecule has 2 nitrogen and oxygen atoms in total. The second-order valence-electron chi connectivity index (χ2n) is 4.00.